The Morgan fingerprint density at radius 2 is 2.22 bits per heavy atom. The van der Waals surface area contributed by atoms with Crippen molar-refractivity contribution >= 4 is 23.5 Å². The molecule has 0 bridgehead atoms. The van der Waals surface area contributed by atoms with Gasteiger partial charge in [0.25, 0.3) is 0 Å². The Kier molecular flexibility index (Phi) is 6.27. The first-order chi connectivity index (χ1) is 8.72. The van der Waals surface area contributed by atoms with Crippen molar-refractivity contribution < 1.29 is 14.3 Å². The summed E-state index contributed by atoms with van der Waals surface area (Å²) in [7, 11) is 2.91. The number of thioether (sulfide) groups is 1. The summed E-state index contributed by atoms with van der Waals surface area (Å²) in [6.45, 7) is 2.86. The summed E-state index contributed by atoms with van der Waals surface area (Å²) in [5, 5.41) is 3.77. The van der Waals surface area contributed by atoms with E-state index in [1.54, 1.807) is 7.11 Å². The number of rotatable bonds is 7. The lowest BCUT2D eigenvalue weighted by atomic mass is 10.4. The molecule has 0 saturated heterocycles. The minimum absolute atomic E-state index is 0.192. The fourth-order valence-electron chi connectivity index (χ4n) is 1.20. The van der Waals surface area contributed by atoms with Crippen molar-refractivity contribution in [1.29, 1.82) is 0 Å². The smallest absolute Gasteiger partial charge is 0.316 e. The third-order valence-corrected chi connectivity index (χ3v) is 3.02. The van der Waals surface area contributed by atoms with Crippen LogP contribution in [0, 0.1) is 0 Å². The van der Waals surface area contributed by atoms with Crippen LogP contribution in [0.2, 0.25) is 0 Å². The van der Waals surface area contributed by atoms with E-state index in [-0.39, 0.29) is 11.7 Å². The van der Waals surface area contributed by atoms with Gasteiger partial charge in [0.2, 0.25) is 0 Å². The maximum absolute atomic E-state index is 11.1. The molecule has 0 radical (unpaired) electrons. The van der Waals surface area contributed by atoms with Crippen molar-refractivity contribution in [2.45, 2.75) is 18.4 Å². The molecular weight excluding hydrogens is 254 g/mol. The normalized spacial score (nSPS) is 9.94. The number of carbonyl (C=O) groups is 1. The van der Waals surface area contributed by atoms with Crippen LogP contribution in [0.15, 0.2) is 11.4 Å². The Morgan fingerprint density at radius 3 is 2.83 bits per heavy atom. The molecule has 1 N–H and O–H groups in total. The van der Waals surface area contributed by atoms with Crippen LogP contribution in [0.3, 0.4) is 0 Å². The number of aromatic nitrogens is 2. The van der Waals surface area contributed by atoms with Crippen LogP contribution in [0.5, 0.6) is 5.75 Å². The van der Waals surface area contributed by atoms with Crippen LogP contribution in [0.4, 0.5) is 5.82 Å². The second kappa shape index (κ2) is 7.75. The van der Waals surface area contributed by atoms with E-state index in [1.165, 1.54) is 25.2 Å². The second-order valence-electron chi connectivity index (χ2n) is 3.35. The predicted molar refractivity (Wildman–Crippen MR) is 70.1 cm³/mol. The molecule has 0 aliphatic rings. The van der Waals surface area contributed by atoms with Crippen LogP contribution in [-0.4, -0.2) is 42.5 Å². The summed E-state index contributed by atoms with van der Waals surface area (Å²) in [6.07, 6.45) is 2.43. The van der Waals surface area contributed by atoms with Crippen molar-refractivity contribution in [2.75, 3.05) is 31.8 Å². The Balaban J connectivity index is 2.80. The van der Waals surface area contributed by atoms with Gasteiger partial charge in [-0.15, -0.1) is 0 Å². The maximum Gasteiger partial charge on any atom is 0.316 e. The number of nitrogens with zero attached hydrogens (tertiary/aromatic N) is 2. The summed E-state index contributed by atoms with van der Waals surface area (Å²) < 4.78 is 9.86. The highest BCUT2D eigenvalue weighted by Gasteiger charge is 2.13. The van der Waals surface area contributed by atoms with Gasteiger partial charge in [-0.25, -0.2) is 9.97 Å². The molecule has 7 heteroatoms. The first-order valence-corrected chi connectivity index (χ1v) is 6.54. The molecule has 0 aliphatic heterocycles. The third kappa shape index (κ3) is 4.06. The van der Waals surface area contributed by atoms with E-state index < -0.39 is 0 Å². The summed E-state index contributed by atoms with van der Waals surface area (Å²) >= 11 is 1.26. The summed E-state index contributed by atoms with van der Waals surface area (Å²) in [5.41, 5.74) is 0. The van der Waals surface area contributed by atoms with Gasteiger partial charge in [-0.3, -0.25) is 4.79 Å². The van der Waals surface area contributed by atoms with E-state index in [9.17, 15) is 4.79 Å². The zero-order chi connectivity index (χ0) is 13.4. The summed E-state index contributed by atoms with van der Waals surface area (Å²) in [6, 6.07) is 0. The van der Waals surface area contributed by atoms with Crippen LogP contribution in [0.1, 0.15) is 13.3 Å². The van der Waals surface area contributed by atoms with Gasteiger partial charge in [0.05, 0.1) is 20.0 Å². The molecule has 0 aliphatic carbocycles. The lowest BCUT2D eigenvalue weighted by Crippen LogP contribution is -2.07. The first kappa shape index (κ1) is 14.6. The van der Waals surface area contributed by atoms with Gasteiger partial charge in [-0.05, 0) is 6.42 Å². The number of nitrogens with one attached hydrogen (secondary N) is 1. The van der Waals surface area contributed by atoms with Crippen molar-refractivity contribution in [3.05, 3.63) is 6.33 Å². The summed E-state index contributed by atoms with van der Waals surface area (Å²) in [5.74, 6) is 1.09. The molecule has 0 atom stereocenters. The van der Waals surface area contributed by atoms with E-state index in [0.29, 0.717) is 16.6 Å². The van der Waals surface area contributed by atoms with Crippen LogP contribution < -0.4 is 10.1 Å². The van der Waals surface area contributed by atoms with Gasteiger partial charge in [0, 0.05) is 6.54 Å². The van der Waals surface area contributed by atoms with Gasteiger partial charge >= 0.3 is 5.97 Å². The summed E-state index contributed by atoms with van der Waals surface area (Å²) in [4.78, 5) is 19.3. The molecule has 0 spiro atoms. The zero-order valence-electron chi connectivity index (χ0n) is 10.7. The molecule has 100 valence electrons. The number of hydrogen-bond donors (Lipinski definition) is 1. The fraction of sp³-hybridized carbons (Fsp3) is 0.545. The molecule has 0 fully saturated rings. The highest BCUT2D eigenvalue weighted by molar-refractivity contribution is 8.00. The van der Waals surface area contributed by atoms with Crippen LogP contribution >= 0.6 is 11.8 Å². The predicted octanol–water partition coefficient (Wildman–Crippen LogP) is 1.57. The Labute approximate surface area is 110 Å². The SMILES string of the molecule is CCCNc1ncnc(SCC(=O)OC)c1OC. The zero-order valence-corrected chi connectivity index (χ0v) is 11.5. The third-order valence-electron chi connectivity index (χ3n) is 2.07. The number of esters is 1. The molecule has 0 unspecified atom stereocenters. The van der Waals surface area contributed by atoms with Crippen molar-refractivity contribution in [2.24, 2.45) is 0 Å². The number of methoxy groups -OCH3 is 2. The van der Waals surface area contributed by atoms with Crippen molar-refractivity contribution in [1.82, 2.24) is 9.97 Å². The minimum Gasteiger partial charge on any atom is -0.490 e. The molecule has 18 heavy (non-hydrogen) atoms. The van der Waals surface area contributed by atoms with E-state index in [2.05, 4.69) is 26.9 Å². The van der Waals surface area contributed by atoms with Gasteiger partial charge in [0.1, 0.15) is 11.4 Å². The fourth-order valence-corrected chi connectivity index (χ4v) is 2.01. The first-order valence-electron chi connectivity index (χ1n) is 5.55. The molecule has 1 rings (SSSR count). The number of hydrogen-bond acceptors (Lipinski definition) is 7. The average molecular weight is 271 g/mol. The molecule has 0 amide bonds. The lowest BCUT2D eigenvalue weighted by Gasteiger charge is -2.11. The number of anilines is 1. The number of carbonyl (C=O) groups excluding carboxylic acids is 1. The van der Waals surface area contributed by atoms with Gasteiger partial charge in [0.15, 0.2) is 11.6 Å². The van der Waals surface area contributed by atoms with Crippen LogP contribution in [-0.2, 0) is 9.53 Å². The van der Waals surface area contributed by atoms with Crippen molar-refractivity contribution in [3.63, 3.8) is 0 Å². The van der Waals surface area contributed by atoms with E-state index in [0.717, 1.165) is 13.0 Å². The minimum atomic E-state index is -0.302. The molecule has 0 aromatic carbocycles. The second-order valence-corrected chi connectivity index (χ2v) is 4.32. The van der Waals surface area contributed by atoms with E-state index in [4.69, 9.17) is 4.74 Å². The number of ether oxygens (including phenoxy) is 2. The van der Waals surface area contributed by atoms with Gasteiger partial charge in [-0.1, -0.05) is 18.7 Å². The largest absolute Gasteiger partial charge is 0.490 e. The molecule has 1 aromatic rings. The van der Waals surface area contributed by atoms with Gasteiger partial charge in [-0.2, -0.15) is 0 Å². The highest BCUT2D eigenvalue weighted by Crippen LogP contribution is 2.32. The lowest BCUT2D eigenvalue weighted by molar-refractivity contribution is -0.137. The Hall–Kier alpha value is -1.50. The standard InChI is InChI=1S/C11H17N3O3S/c1-4-5-12-10-9(17-3)11(14-7-13-10)18-6-8(15)16-2/h7H,4-6H2,1-3H3,(H,12,13,14). The quantitative estimate of drug-likeness (QED) is 0.458. The van der Waals surface area contributed by atoms with E-state index in [1.807, 2.05) is 0 Å². The Bertz CT molecular complexity index is 401. The maximum atomic E-state index is 11.1. The molecular formula is C11H17N3O3S. The molecule has 1 aromatic heterocycles. The van der Waals surface area contributed by atoms with Gasteiger partial charge < -0.3 is 14.8 Å². The molecule has 0 saturated carbocycles. The van der Waals surface area contributed by atoms with Crippen LogP contribution in [0.25, 0.3) is 0 Å². The topological polar surface area (TPSA) is 73.3 Å². The highest BCUT2D eigenvalue weighted by atomic mass is 32.2. The Morgan fingerprint density at radius 1 is 1.44 bits per heavy atom. The van der Waals surface area contributed by atoms with Crippen molar-refractivity contribution in [3.8, 4) is 5.75 Å². The molecule has 6 nitrogen and oxygen atoms in total. The molecule has 1 heterocycles. The monoisotopic (exact) mass is 271 g/mol. The van der Waals surface area contributed by atoms with E-state index >= 15 is 0 Å². The average Bonchev–Trinajstić information content (AvgIpc) is 2.42.